The van der Waals surface area contributed by atoms with E-state index in [2.05, 4.69) is 5.32 Å². The molecule has 110 valence electrons. The molecule has 0 bridgehead atoms. The fraction of sp³-hybridized carbons (Fsp3) is 0.133. The fourth-order valence-corrected chi connectivity index (χ4v) is 2.08. The van der Waals surface area contributed by atoms with Crippen molar-refractivity contribution in [1.29, 1.82) is 0 Å². The van der Waals surface area contributed by atoms with Crippen molar-refractivity contribution in [2.45, 2.75) is 13.0 Å². The maximum atomic E-state index is 12.6. The van der Waals surface area contributed by atoms with Crippen molar-refractivity contribution in [2.75, 3.05) is 5.32 Å². The number of amides is 1. The van der Waals surface area contributed by atoms with Gasteiger partial charge in [-0.1, -0.05) is 29.8 Å². The summed E-state index contributed by atoms with van der Waals surface area (Å²) in [6, 6.07) is 10.9. The number of alkyl halides is 2. The van der Waals surface area contributed by atoms with E-state index in [9.17, 15) is 13.6 Å². The van der Waals surface area contributed by atoms with Crippen molar-refractivity contribution in [3.05, 3.63) is 64.2 Å². The van der Waals surface area contributed by atoms with Gasteiger partial charge in [-0.15, -0.1) is 0 Å². The first kappa shape index (κ1) is 15.3. The van der Waals surface area contributed by atoms with Crippen LogP contribution in [0.5, 0.6) is 0 Å². The van der Waals surface area contributed by atoms with Crippen molar-refractivity contribution in [3.63, 3.8) is 0 Å². The Morgan fingerprint density at radius 1 is 1.24 bits per heavy atom. The zero-order valence-electron chi connectivity index (χ0n) is 10.9. The van der Waals surface area contributed by atoms with Gasteiger partial charge in [0.05, 0.1) is 10.6 Å². The zero-order chi connectivity index (χ0) is 15.4. The van der Waals surface area contributed by atoms with Crippen LogP contribution in [0.25, 0.3) is 0 Å². The summed E-state index contributed by atoms with van der Waals surface area (Å²) < 4.78 is 25.2. The Bertz CT molecular complexity index is 662. The first-order valence-electron chi connectivity index (χ1n) is 6.17. The van der Waals surface area contributed by atoms with E-state index in [0.29, 0.717) is 17.8 Å². The first-order chi connectivity index (χ1) is 9.97. The third kappa shape index (κ3) is 3.92. The summed E-state index contributed by atoms with van der Waals surface area (Å²) in [5.74, 6) is -0.622. The van der Waals surface area contributed by atoms with E-state index in [-0.39, 0.29) is 16.1 Å². The summed E-state index contributed by atoms with van der Waals surface area (Å²) in [7, 11) is 0. The highest BCUT2D eigenvalue weighted by molar-refractivity contribution is 6.33. The highest BCUT2D eigenvalue weighted by Gasteiger charge is 2.09. The third-order valence-electron chi connectivity index (χ3n) is 2.93. The molecule has 0 unspecified atom stereocenters. The molecular formula is C15H13ClF2N2O. The van der Waals surface area contributed by atoms with Crippen LogP contribution in [-0.2, 0) is 6.54 Å². The predicted octanol–water partition coefficient (Wildman–Crippen LogP) is 3.99. The summed E-state index contributed by atoms with van der Waals surface area (Å²) in [6.07, 6.45) is -2.50. The van der Waals surface area contributed by atoms with Crippen LogP contribution < -0.4 is 11.1 Å². The van der Waals surface area contributed by atoms with Crippen molar-refractivity contribution in [1.82, 2.24) is 0 Å². The second kappa shape index (κ2) is 6.54. The van der Waals surface area contributed by atoms with Crippen LogP contribution in [0.4, 0.5) is 14.5 Å². The lowest BCUT2D eigenvalue weighted by molar-refractivity contribution is 0.100. The van der Waals surface area contributed by atoms with Crippen LogP contribution >= 0.6 is 11.6 Å². The largest absolute Gasteiger partial charge is 0.381 e. The Kier molecular flexibility index (Phi) is 4.75. The molecule has 0 atom stereocenters. The van der Waals surface area contributed by atoms with E-state index in [1.165, 1.54) is 18.2 Å². The molecule has 0 aliphatic carbocycles. The van der Waals surface area contributed by atoms with Gasteiger partial charge in [-0.2, -0.15) is 0 Å². The third-order valence-corrected chi connectivity index (χ3v) is 3.26. The molecule has 3 nitrogen and oxygen atoms in total. The molecule has 0 fully saturated rings. The topological polar surface area (TPSA) is 55.1 Å². The minimum absolute atomic E-state index is 0.0248. The monoisotopic (exact) mass is 310 g/mol. The average molecular weight is 311 g/mol. The lowest BCUT2D eigenvalue weighted by atomic mass is 10.1. The summed E-state index contributed by atoms with van der Waals surface area (Å²) in [5.41, 5.74) is 6.74. The lowest BCUT2D eigenvalue weighted by Gasteiger charge is -2.09. The van der Waals surface area contributed by atoms with Crippen LogP contribution in [0.2, 0.25) is 5.02 Å². The molecule has 0 radical (unpaired) electrons. The molecule has 0 saturated carbocycles. The number of benzene rings is 2. The number of hydrogen-bond acceptors (Lipinski definition) is 2. The number of nitrogens with two attached hydrogens (primary N) is 1. The Balaban J connectivity index is 2.11. The molecule has 3 N–H and O–H groups in total. The number of hydrogen-bond donors (Lipinski definition) is 2. The van der Waals surface area contributed by atoms with Gasteiger partial charge in [-0.25, -0.2) is 8.78 Å². The van der Waals surface area contributed by atoms with E-state index < -0.39 is 12.3 Å². The standard InChI is InChI=1S/C15H13ClF2N2O/c16-13-5-4-11(7-12(13)15(19)21)20-8-9-2-1-3-10(6-9)14(17)18/h1-7,14,20H,8H2,(H2,19,21). The Hall–Kier alpha value is -2.14. The van der Waals surface area contributed by atoms with E-state index in [4.69, 9.17) is 17.3 Å². The smallest absolute Gasteiger partial charge is 0.263 e. The van der Waals surface area contributed by atoms with Gasteiger partial charge in [0.2, 0.25) is 5.91 Å². The average Bonchev–Trinajstić information content (AvgIpc) is 2.46. The second-order valence-corrected chi connectivity index (χ2v) is 4.87. The summed E-state index contributed by atoms with van der Waals surface area (Å²) >= 11 is 5.85. The number of carbonyl (C=O) groups is 1. The molecule has 0 spiro atoms. The Morgan fingerprint density at radius 2 is 2.00 bits per heavy atom. The lowest BCUT2D eigenvalue weighted by Crippen LogP contribution is -2.12. The maximum absolute atomic E-state index is 12.6. The van der Waals surface area contributed by atoms with Gasteiger partial charge < -0.3 is 11.1 Å². The molecule has 0 heterocycles. The van der Waals surface area contributed by atoms with Gasteiger partial charge in [0, 0.05) is 17.8 Å². The van der Waals surface area contributed by atoms with Crippen LogP contribution in [0.15, 0.2) is 42.5 Å². The normalized spacial score (nSPS) is 10.7. The number of nitrogens with one attached hydrogen (secondary N) is 1. The van der Waals surface area contributed by atoms with E-state index in [1.54, 1.807) is 24.3 Å². The molecular weight excluding hydrogens is 298 g/mol. The molecule has 0 aromatic heterocycles. The summed E-state index contributed by atoms with van der Waals surface area (Å²) in [4.78, 5) is 11.2. The van der Waals surface area contributed by atoms with Crippen LogP contribution in [0.1, 0.15) is 27.9 Å². The van der Waals surface area contributed by atoms with Crippen molar-refractivity contribution < 1.29 is 13.6 Å². The van der Waals surface area contributed by atoms with Crippen molar-refractivity contribution in [2.24, 2.45) is 5.73 Å². The summed E-state index contributed by atoms with van der Waals surface area (Å²) in [5, 5.41) is 3.31. The fourth-order valence-electron chi connectivity index (χ4n) is 1.87. The number of primary amides is 1. The van der Waals surface area contributed by atoms with E-state index in [1.807, 2.05) is 0 Å². The Labute approximate surface area is 125 Å². The molecule has 2 aromatic carbocycles. The highest BCUT2D eigenvalue weighted by Crippen LogP contribution is 2.22. The number of anilines is 1. The number of halogens is 3. The molecule has 0 saturated heterocycles. The van der Waals surface area contributed by atoms with Crippen LogP contribution in [-0.4, -0.2) is 5.91 Å². The number of rotatable bonds is 5. The maximum Gasteiger partial charge on any atom is 0.263 e. The minimum Gasteiger partial charge on any atom is -0.381 e. The van der Waals surface area contributed by atoms with Gasteiger partial charge in [0.25, 0.3) is 6.43 Å². The first-order valence-corrected chi connectivity index (χ1v) is 6.55. The van der Waals surface area contributed by atoms with Gasteiger partial charge in [0.1, 0.15) is 0 Å². The van der Waals surface area contributed by atoms with Gasteiger partial charge in [0.15, 0.2) is 0 Å². The minimum atomic E-state index is -2.50. The SMILES string of the molecule is NC(=O)c1cc(NCc2cccc(C(F)F)c2)ccc1Cl. The van der Waals surface area contributed by atoms with Gasteiger partial charge in [-0.05, 0) is 29.8 Å². The van der Waals surface area contributed by atoms with Crippen molar-refractivity contribution >= 4 is 23.2 Å². The van der Waals surface area contributed by atoms with E-state index >= 15 is 0 Å². The Morgan fingerprint density at radius 3 is 2.67 bits per heavy atom. The molecule has 6 heteroatoms. The molecule has 0 aliphatic rings. The molecule has 2 aromatic rings. The second-order valence-electron chi connectivity index (χ2n) is 4.46. The summed E-state index contributed by atoms with van der Waals surface area (Å²) in [6.45, 7) is 0.348. The molecule has 21 heavy (non-hydrogen) atoms. The molecule has 0 aliphatic heterocycles. The molecule has 2 rings (SSSR count). The zero-order valence-corrected chi connectivity index (χ0v) is 11.7. The van der Waals surface area contributed by atoms with Crippen molar-refractivity contribution in [3.8, 4) is 0 Å². The van der Waals surface area contributed by atoms with Gasteiger partial charge >= 0.3 is 0 Å². The molecule has 1 amide bonds. The van der Waals surface area contributed by atoms with Crippen LogP contribution in [0, 0.1) is 0 Å². The predicted molar refractivity (Wildman–Crippen MR) is 78.7 cm³/mol. The van der Waals surface area contributed by atoms with Crippen LogP contribution in [0.3, 0.4) is 0 Å². The highest BCUT2D eigenvalue weighted by atomic mass is 35.5. The number of carbonyl (C=O) groups excluding carboxylic acids is 1. The quantitative estimate of drug-likeness (QED) is 0.877. The van der Waals surface area contributed by atoms with Gasteiger partial charge in [-0.3, -0.25) is 4.79 Å². The van der Waals surface area contributed by atoms with E-state index in [0.717, 1.165) is 0 Å².